The number of rotatable bonds is 9. The molecule has 3 aliphatic heterocycles. The molecule has 4 amide bonds. The Balaban J connectivity index is 1.65. The summed E-state index contributed by atoms with van der Waals surface area (Å²) in [4.78, 5) is 72.4. The first-order valence-electron chi connectivity index (χ1n) is 12.1. The average molecular weight is 632 g/mol. The molecule has 3 aliphatic rings. The number of allylic oxidation sites excluding steroid dienone is 1. The summed E-state index contributed by atoms with van der Waals surface area (Å²) in [5.41, 5.74) is 7.08. The average Bonchev–Trinajstić information content (AvgIpc) is 3.52. The highest BCUT2D eigenvalue weighted by molar-refractivity contribution is 8.00. The van der Waals surface area contributed by atoms with Gasteiger partial charge in [0.05, 0.1) is 6.42 Å². The van der Waals surface area contributed by atoms with Gasteiger partial charge in [0, 0.05) is 23.3 Å². The molecule has 4 heterocycles. The summed E-state index contributed by atoms with van der Waals surface area (Å²) in [6.45, 7) is 2.68. The van der Waals surface area contributed by atoms with Crippen molar-refractivity contribution in [3.05, 3.63) is 33.5 Å². The molecule has 0 saturated carbocycles. The van der Waals surface area contributed by atoms with Crippen molar-refractivity contribution >= 4 is 63.5 Å². The van der Waals surface area contributed by atoms with Gasteiger partial charge in [0.25, 0.3) is 17.7 Å². The predicted molar refractivity (Wildman–Crippen MR) is 142 cm³/mol. The summed E-state index contributed by atoms with van der Waals surface area (Å²) in [5, 5.41) is 18.9. The number of oxime groups is 1. The maximum atomic E-state index is 13.5. The molecule has 0 bridgehead atoms. The van der Waals surface area contributed by atoms with Crippen LogP contribution in [0.15, 0.2) is 33.0 Å². The molecule has 14 nitrogen and oxygen atoms in total. The van der Waals surface area contributed by atoms with Gasteiger partial charge in [-0.1, -0.05) is 5.16 Å². The van der Waals surface area contributed by atoms with Crippen molar-refractivity contribution in [2.24, 2.45) is 10.9 Å². The Morgan fingerprint density at radius 2 is 2.00 bits per heavy atom. The van der Waals surface area contributed by atoms with Crippen LogP contribution in [0, 0.1) is 0 Å². The van der Waals surface area contributed by atoms with Crippen molar-refractivity contribution < 1.29 is 47.1 Å². The van der Waals surface area contributed by atoms with E-state index in [0.717, 1.165) is 28.0 Å². The van der Waals surface area contributed by atoms with Crippen LogP contribution in [0.4, 0.5) is 18.3 Å². The number of aliphatic carboxylic acids is 1. The first-order chi connectivity index (χ1) is 19.5. The molecule has 42 heavy (non-hydrogen) atoms. The van der Waals surface area contributed by atoms with E-state index in [0.29, 0.717) is 0 Å². The van der Waals surface area contributed by atoms with E-state index in [9.17, 15) is 42.3 Å². The molecule has 0 unspecified atom stereocenters. The van der Waals surface area contributed by atoms with Gasteiger partial charge >= 0.3 is 12.1 Å². The van der Waals surface area contributed by atoms with Crippen molar-refractivity contribution in [3.63, 3.8) is 0 Å². The minimum atomic E-state index is -4.77. The third-order valence-corrected chi connectivity index (χ3v) is 8.39. The van der Waals surface area contributed by atoms with Crippen LogP contribution in [0.3, 0.4) is 0 Å². The Bertz CT molecular complexity index is 1470. The number of nitrogen functional groups attached to an aromatic ring is 1. The quantitative estimate of drug-likeness (QED) is 0.108. The van der Waals surface area contributed by atoms with Crippen LogP contribution in [-0.4, -0.2) is 85.8 Å². The number of thioether (sulfide) groups is 1. The summed E-state index contributed by atoms with van der Waals surface area (Å²) in [7, 11) is 0. The number of amides is 4. The van der Waals surface area contributed by atoms with Gasteiger partial charge in [0.2, 0.25) is 11.5 Å². The van der Waals surface area contributed by atoms with Crippen LogP contribution in [-0.2, 0) is 28.8 Å². The third kappa shape index (κ3) is 6.06. The van der Waals surface area contributed by atoms with Crippen LogP contribution >= 0.6 is 23.1 Å². The van der Waals surface area contributed by atoms with Gasteiger partial charge in [-0.05, 0) is 31.4 Å². The van der Waals surface area contributed by atoms with Crippen LogP contribution in [0.1, 0.15) is 32.4 Å². The summed E-state index contributed by atoms with van der Waals surface area (Å²) in [5.74, 6) is -5.51. The first-order valence-corrected chi connectivity index (χ1v) is 14.0. The Morgan fingerprint density at radius 3 is 2.52 bits per heavy atom. The van der Waals surface area contributed by atoms with Gasteiger partial charge in [-0.3, -0.25) is 24.1 Å². The van der Waals surface area contributed by atoms with Crippen LogP contribution < -0.4 is 22.1 Å². The maximum absolute atomic E-state index is 13.5. The second-order valence-corrected chi connectivity index (χ2v) is 11.7. The van der Waals surface area contributed by atoms with Crippen molar-refractivity contribution in [1.29, 1.82) is 0 Å². The number of fused-ring (bicyclic) bond motifs is 1. The number of carbonyl (C=O) groups is 5. The highest BCUT2D eigenvalue weighted by Gasteiger charge is 2.55. The summed E-state index contributed by atoms with van der Waals surface area (Å²) < 4.78 is 40.5. The standard InChI is InChI=1S/C23H24F3N7O7S2/c1-22(2,20(27)39)40-32-12(11-7-42-21(28)30-11)16(35)31-13-17(36)33-14(19(37)38)10(6-41-18(13)33)9(5-23(24,25)26)8-3-4-29-15(8)34/h7,13,18H,3-6H2,1-2H3,(H2,27,39)(H2,28,30)(H,29,34)(H,31,35)(H,37,38)/t13-,18-/m1/s1. The number of hydrogen-bond donors (Lipinski definition) is 5. The molecule has 19 heteroatoms. The number of primary amides is 1. The lowest BCUT2D eigenvalue weighted by Gasteiger charge is -2.49. The molecule has 226 valence electrons. The molecule has 0 aromatic carbocycles. The number of hydrogen-bond acceptors (Lipinski definition) is 11. The lowest BCUT2D eigenvalue weighted by molar-refractivity contribution is -0.150. The Morgan fingerprint density at radius 1 is 1.31 bits per heavy atom. The normalized spacial score (nSPS) is 22.3. The van der Waals surface area contributed by atoms with Crippen LogP contribution in [0.25, 0.3) is 0 Å². The Labute approximate surface area is 243 Å². The summed E-state index contributed by atoms with van der Waals surface area (Å²) in [6.07, 6.45) is -6.37. The number of carboxylic acid groups (broad SMARTS) is 1. The van der Waals surface area contributed by atoms with Crippen LogP contribution in [0.5, 0.6) is 0 Å². The van der Waals surface area contributed by atoms with Gasteiger partial charge < -0.3 is 32.0 Å². The number of nitrogens with zero attached hydrogens (tertiary/aromatic N) is 3. The van der Waals surface area contributed by atoms with Crippen molar-refractivity contribution in [3.8, 4) is 0 Å². The molecule has 2 atom stereocenters. The van der Waals surface area contributed by atoms with Crippen molar-refractivity contribution in [1.82, 2.24) is 20.5 Å². The van der Waals surface area contributed by atoms with E-state index in [4.69, 9.17) is 16.3 Å². The molecule has 2 saturated heterocycles. The topological polar surface area (TPSA) is 219 Å². The van der Waals surface area contributed by atoms with E-state index in [-0.39, 0.29) is 40.7 Å². The number of aromatic nitrogens is 1. The minimum absolute atomic E-state index is 0.0424. The fourth-order valence-electron chi connectivity index (χ4n) is 4.27. The molecular formula is C23H24F3N7O7S2. The zero-order valence-electron chi connectivity index (χ0n) is 21.9. The number of anilines is 1. The van der Waals surface area contributed by atoms with E-state index < -0.39 is 76.2 Å². The van der Waals surface area contributed by atoms with E-state index in [1.807, 2.05) is 0 Å². The zero-order chi connectivity index (χ0) is 31.1. The number of β-lactam (4-membered cyclic amide) rings is 1. The monoisotopic (exact) mass is 631 g/mol. The SMILES string of the molecule is CC(C)(ON=C(C(=O)N[C@@H]1C(=O)N2C(C(=O)O)=C(C(CC(F)(F)F)=C3CCNC3=O)CS[C@H]12)c1csc(N)n1)C(N)=O. The van der Waals surface area contributed by atoms with E-state index in [2.05, 4.69) is 20.8 Å². The smallest absolute Gasteiger partial charge is 0.393 e. The minimum Gasteiger partial charge on any atom is -0.477 e. The Kier molecular flexibility index (Phi) is 8.27. The highest BCUT2D eigenvalue weighted by atomic mass is 32.2. The van der Waals surface area contributed by atoms with E-state index in [1.165, 1.54) is 19.2 Å². The third-order valence-electron chi connectivity index (χ3n) is 6.44. The second-order valence-electron chi connectivity index (χ2n) is 9.72. The number of carbonyl (C=O) groups excluding carboxylic acids is 4. The second kappa shape index (κ2) is 11.3. The molecule has 7 N–H and O–H groups in total. The molecule has 2 fully saturated rings. The summed E-state index contributed by atoms with van der Waals surface area (Å²) >= 11 is 1.88. The van der Waals surface area contributed by atoms with Crippen molar-refractivity contribution in [2.75, 3.05) is 18.0 Å². The van der Waals surface area contributed by atoms with Crippen molar-refractivity contribution in [2.45, 2.75) is 49.9 Å². The number of carboxylic acids is 1. The van der Waals surface area contributed by atoms with Crippen LogP contribution in [0.2, 0.25) is 0 Å². The zero-order valence-corrected chi connectivity index (χ0v) is 23.5. The highest BCUT2D eigenvalue weighted by Crippen LogP contribution is 2.45. The molecule has 0 spiro atoms. The number of nitrogens with one attached hydrogen (secondary N) is 2. The van der Waals surface area contributed by atoms with Gasteiger partial charge in [0.15, 0.2) is 10.8 Å². The predicted octanol–water partition coefficient (Wildman–Crippen LogP) is 0.217. The number of thiazole rings is 1. The largest absolute Gasteiger partial charge is 0.477 e. The number of nitrogens with two attached hydrogens (primary N) is 2. The van der Waals surface area contributed by atoms with Gasteiger partial charge in [-0.2, -0.15) is 13.2 Å². The fraction of sp³-hybridized carbons (Fsp3) is 0.435. The van der Waals surface area contributed by atoms with E-state index in [1.54, 1.807) is 0 Å². The maximum Gasteiger partial charge on any atom is 0.393 e. The van der Waals surface area contributed by atoms with E-state index >= 15 is 0 Å². The van der Waals surface area contributed by atoms with Gasteiger partial charge in [-0.15, -0.1) is 23.1 Å². The Hall–Kier alpha value is -4.13. The lowest BCUT2D eigenvalue weighted by atomic mass is 9.92. The van der Waals surface area contributed by atoms with Gasteiger partial charge in [-0.25, -0.2) is 9.78 Å². The molecule has 0 aliphatic carbocycles. The number of alkyl halides is 3. The van der Waals surface area contributed by atoms with Gasteiger partial charge in [0.1, 0.15) is 22.8 Å². The number of halogens is 3. The molecule has 1 aromatic heterocycles. The lowest BCUT2D eigenvalue weighted by Crippen LogP contribution is -2.71. The summed E-state index contributed by atoms with van der Waals surface area (Å²) in [6, 6.07) is -1.31. The first kappa shape index (κ1) is 30.8. The molecule has 0 radical (unpaired) electrons. The molecule has 1 aromatic rings. The molecule has 4 rings (SSSR count). The fourth-order valence-corrected chi connectivity index (χ4v) is 6.20. The molecular weight excluding hydrogens is 607 g/mol.